The lowest BCUT2D eigenvalue weighted by Crippen LogP contribution is -2.49. The molecule has 4 rings (SSSR count). The van der Waals surface area contributed by atoms with Gasteiger partial charge in [-0.25, -0.2) is 0 Å². The van der Waals surface area contributed by atoms with Crippen LogP contribution in [0.4, 0.5) is 5.69 Å². The molecule has 0 saturated carbocycles. The van der Waals surface area contributed by atoms with Crippen LogP contribution in [0.2, 0.25) is 0 Å². The van der Waals surface area contributed by atoms with Crippen LogP contribution in [0.15, 0.2) is 43.0 Å². The summed E-state index contributed by atoms with van der Waals surface area (Å²) in [6.07, 6.45) is 1.92. The van der Waals surface area contributed by atoms with Crippen molar-refractivity contribution in [3.8, 4) is 0 Å². The first-order chi connectivity index (χ1) is 16.8. The Morgan fingerprint density at radius 3 is 2.40 bits per heavy atom. The summed E-state index contributed by atoms with van der Waals surface area (Å²) in [5, 5.41) is 14.0. The zero-order valence-electron chi connectivity index (χ0n) is 21.5. The Morgan fingerprint density at radius 2 is 1.77 bits per heavy atom. The first-order valence-electron chi connectivity index (χ1n) is 12.5. The van der Waals surface area contributed by atoms with E-state index in [0.29, 0.717) is 32.7 Å². The van der Waals surface area contributed by atoms with Gasteiger partial charge in [0.1, 0.15) is 0 Å². The van der Waals surface area contributed by atoms with Gasteiger partial charge in [0.25, 0.3) is 5.91 Å². The predicted octanol–water partition coefficient (Wildman–Crippen LogP) is 4.42. The van der Waals surface area contributed by atoms with Crippen LogP contribution in [0.1, 0.15) is 38.3 Å². The van der Waals surface area contributed by atoms with E-state index in [2.05, 4.69) is 73.3 Å². The quantitative estimate of drug-likeness (QED) is 0.475. The lowest BCUT2D eigenvalue weighted by molar-refractivity contribution is 0.0615. The van der Waals surface area contributed by atoms with Crippen molar-refractivity contribution in [2.24, 2.45) is 0 Å². The maximum absolute atomic E-state index is 13.6. The maximum Gasteiger partial charge on any atom is 0.254 e. The number of anilines is 1. The summed E-state index contributed by atoms with van der Waals surface area (Å²) in [6.45, 7) is 17.7. The Morgan fingerprint density at radius 1 is 1.09 bits per heavy atom. The number of benzene rings is 2. The third-order valence-electron chi connectivity index (χ3n) is 7.47. The van der Waals surface area contributed by atoms with Gasteiger partial charge in [0.2, 0.25) is 0 Å². The minimum atomic E-state index is 0.0687. The summed E-state index contributed by atoms with van der Waals surface area (Å²) in [4.78, 5) is 17.7. The highest BCUT2D eigenvalue weighted by Crippen LogP contribution is 2.34. The van der Waals surface area contributed by atoms with E-state index in [1.54, 1.807) is 0 Å². The summed E-state index contributed by atoms with van der Waals surface area (Å²) in [5.41, 5.74) is 9.01. The zero-order chi connectivity index (χ0) is 25.1. The molecule has 3 aromatic rings. The van der Waals surface area contributed by atoms with E-state index in [-0.39, 0.29) is 12.5 Å². The van der Waals surface area contributed by atoms with Crippen LogP contribution in [-0.2, 0) is 13.1 Å². The number of hydrogen-bond acceptors (Lipinski definition) is 4. The molecule has 0 atom stereocenters. The number of aromatic nitrogens is 1. The molecule has 1 saturated heterocycles. The number of piperazine rings is 1. The molecule has 1 aliphatic heterocycles. The first-order valence-corrected chi connectivity index (χ1v) is 12.5. The molecule has 6 nitrogen and oxygen atoms in total. The molecular formula is C29H38N4O2. The molecule has 0 radical (unpaired) electrons. The molecule has 1 aromatic heterocycles. The van der Waals surface area contributed by atoms with E-state index in [1.165, 1.54) is 27.9 Å². The lowest BCUT2D eigenvalue weighted by atomic mass is 10.0. The van der Waals surface area contributed by atoms with E-state index in [9.17, 15) is 9.90 Å². The number of rotatable bonds is 8. The zero-order valence-corrected chi connectivity index (χ0v) is 21.5. The van der Waals surface area contributed by atoms with Crippen LogP contribution >= 0.6 is 0 Å². The summed E-state index contributed by atoms with van der Waals surface area (Å²) >= 11 is 0. The lowest BCUT2D eigenvalue weighted by Gasteiger charge is -2.34. The van der Waals surface area contributed by atoms with Gasteiger partial charge in [-0.05, 0) is 62.1 Å². The number of carbonyl (C=O) groups excluding carboxylic acids is 1. The van der Waals surface area contributed by atoms with Crippen molar-refractivity contribution in [3.05, 3.63) is 76.5 Å². The van der Waals surface area contributed by atoms with E-state index < -0.39 is 0 Å². The van der Waals surface area contributed by atoms with Gasteiger partial charge in [0.15, 0.2) is 0 Å². The molecule has 2 heterocycles. The van der Waals surface area contributed by atoms with E-state index in [0.717, 1.165) is 35.2 Å². The van der Waals surface area contributed by atoms with Gasteiger partial charge in [-0.1, -0.05) is 24.3 Å². The fraction of sp³-hybridized carbons (Fsp3) is 0.414. The van der Waals surface area contributed by atoms with E-state index in [1.807, 2.05) is 17.0 Å². The summed E-state index contributed by atoms with van der Waals surface area (Å²) in [6, 6.07) is 10.5. The standard InChI is InChI=1S/C29H38N4O2/c1-6-10-33-23(5)22(4)25-17-24(29(35)32-13-11-31(12-14-32)15-16-34)18-27(28(25)33)30-19-26-20(2)8-7-9-21(26)3/h6-9,17-18,30,34H,1,10-16,19H2,2-5H3. The highest BCUT2D eigenvalue weighted by atomic mass is 16.3. The van der Waals surface area contributed by atoms with E-state index in [4.69, 9.17) is 0 Å². The number of allylic oxidation sites excluding steroid dienone is 1. The number of hydrogen-bond donors (Lipinski definition) is 2. The number of aliphatic hydroxyl groups excluding tert-OH is 1. The average molecular weight is 475 g/mol. The Bertz CT molecular complexity index is 1220. The number of β-amino-alcohol motifs (C(OH)–C–C–N with tert-alkyl or cyclic N) is 1. The number of aryl methyl sites for hydroxylation is 3. The molecule has 1 fully saturated rings. The molecular weight excluding hydrogens is 436 g/mol. The Balaban J connectivity index is 1.72. The first kappa shape index (κ1) is 25.0. The summed E-state index contributed by atoms with van der Waals surface area (Å²) in [7, 11) is 0. The SMILES string of the molecule is C=CCn1c(C)c(C)c2cc(C(=O)N3CCN(CCO)CC3)cc(NCc3c(C)cccc3C)c21. The second kappa shape index (κ2) is 10.7. The summed E-state index contributed by atoms with van der Waals surface area (Å²) < 4.78 is 2.28. The van der Waals surface area contributed by atoms with Crippen molar-refractivity contribution in [1.29, 1.82) is 0 Å². The molecule has 2 N–H and O–H groups in total. The fourth-order valence-electron chi connectivity index (χ4n) is 5.20. The van der Waals surface area contributed by atoms with Crippen LogP contribution in [-0.4, -0.2) is 64.7 Å². The van der Waals surface area contributed by atoms with Crippen molar-refractivity contribution >= 4 is 22.5 Å². The highest BCUT2D eigenvalue weighted by molar-refractivity contribution is 6.04. The minimum absolute atomic E-state index is 0.0687. The smallest absolute Gasteiger partial charge is 0.254 e. The monoisotopic (exact) mass is 474 g/mol. The summed E-state index contributed by atoms with van der Waals surface area (Å²) in [5.74, 6) is 0.0687. The average Bonchev–Trinajstić information content (AvgIpc) is 3.09. The number of nitrogens with one attached hydrogen (secondary N) is 1. The number of amides is 1. The largest absolute Gasteiger partial charge is 0.395 e. The number of nitrogens with zero attached hydrogens (tertiary/aromatic N) is 3. The van der Waals surface area contributed by atoms with Gasteiger partial charge in [0, 0.05) is 62.5 Å². The van der Waals surface area contributed by atoms with Crippen molar-refractivity contribution in [3.63, 3.8) is 0 Å². The molecule has 0 unspecified atom stereocenters. The molecule has 6 heteroatoms. The molecule has 0 bridgehead atoms. The molecule has 35 heavy (non-hydrogen) atoms. The normalized spacial score (nSPS) is 14.5. The maximum atomic E-state index is 13.6. The topological polar surface area (TPSA) is 60.7 Å². The van der Waals surface area contributed by atoms with Crippen LogP contribution in [0.5, 0.6) is 0 Å². The molecule has 1 aliphatic rings. The van der Waals surface area contributed by atoms with Crippen molar-refractivity contribution in [2.75, 3.05) is 44.6 Å². The van der Waals surface area contributed by atoms with Crippen LogP contribution < -0.4 is 5.32 Å². The van der Waals surface area contributed by atoms with Crippen LogP contribution in [0.3, 0.4) is 0 Å². The van der Waals surface area contributed by atoms with Gasteiger partial charge in [-0.3, -0.25) is 9.69 Å². The Labute approximate surface area is 208 Å². The molecule has 0 aliphatic carbocycles. The third kappa shape index (κ3) is 5.00. The molecule has 2 aromatic carbocycles. The van der Waals surface area contributed by atoms with Crippen molar-refractivity contribution in [2.45, 2.75) is 40.8 Å². The van der Waals surface area contributed by atoms with Gasteiger partial charge in [-0.2, -0.15) is 0 Å². The van der Waals surface area contributed by atoms with Crippen LogP contribution in [0, 0.1) is 27.7 Å². The number of aliphatic hydroxyl groups is 1. The fourth-order valence-corrected chi connectivity index (χ4v) is 5.20. The Kier molecular flexibility index (Phi) is 7.63. The van der Waals surface area contributed by atoms with Gasteiger partial charge >= 0.3 is 0 Å². The van der Waals surface area contributed by atoms with E-state index >= 15 is 0 Å². The molecule has 186 valence electrons. The highest BCUT2D eigenvalue weighted by Gasteiger charge is 2.24. The Hall–Kier alpha value is -3.09. The minimum Gasteiger partial charge on any atom is -0.395 e. The van der Waals surface area contributed by atoms with Crippen LogP contribution in [0.25, 0.3) is 10.9 Å². The second-order valence-corrected chi connectivity index (χ2v) is 9.61. The van der Waals surface area contributed by atoms with Gasteiger partial charge in [0.05, 0.1) is 17.8 Å². The number of fused-ring (bicyclic) bond motifs is 1. The van der Waals surface area contributed by atoms with Gasteiger partial charge in [-0.15, -0.1) is 6.58 Å². The second-order valence-electron chi connectivity index (χ2n) is 9.61. The van der Waals surface area contributed by atoms with Gasteiger partial charge < -0.3 is 19.9 Å². The number of carbonyl (C=O) groups is 1. The third-order valence-corrected chi connectivity index (χ3v) is 7.47. The predicted molar refractivity (Wildman–Crippen MR) is 144 cm³/mol. The van der Waals surface area contributed by atoms with Crippen molar-refractivity contribution in [1.82, 2.24) is 14.4 Å². The van der Waals surface area contributed by atoms with Crippen molar-refractivity contribution < 1.29 is 9.90 Å². The molecule has 1 amide bonds. The molecule has 0 spiro atoms.